The molecule has 1 saturated heterocycles. The van der Waals surface area contributed by atoms with Gasteiger partial charge in [0.15, 0.2) is 0 Å². The molecule has 0 radical (unpaired) electrons. The highest BCUT2D eigenvalue weighted by molar-refractivity contribution is 6.30. The van der Waals surface area contributed by atoms with Gasteiger partial charge in [0, 0.05) is 11.1 Å². The van der Waals surface area contributed by atoms with E-state index < -0.39 is 6.04 Å². The van der Waals surface area contributed by atoms with Gasteiger partial charge in [-0.2, -0.15) is 0 Å². The number of benzene rings is 1. The number of halogens is 1. The van der Waals surface area contributed by atoms with Crippen molar-refractivity contribution < 1.29 is 14.4 Å². The maximum Gasteiger partial charge on any atom is 0.249 e. The summed E-state index contributed by atoms with van der Waals surface area (Å²) in [4.78, 5) is 37.3. The highest BCUT2D eigenvalue weighted by Crippen LogP contribution is 2.31. The first-order valence-corrected chi connectivity index (χ1v) is 7.31. The third-order valence-corrected chi connectivity index (χ3v) is 4.03. The van der Waals surface area contributed by atoms with E-state index in [1.54, 1.807) is 29.2 Å². The van der Waals surface area contributed by atoms with Gasteiger partial charge < -0.3 is 4.90 Å². The van der Waals surface area contributed by atoms with E-state index in [4.69, 9.17) is 11.6 Å². The summed E-state index contributed by atoms with van der Waals surface area (Å²) in [5.74, 6) is -0.791. The van der Waals surface area contributed by atoms with Crippen molar-refractivity contribution in [2.75, 3.05) is 0 Å². The van der Waals surface area contributed by atoms with Gasteiger partial charge in [-0.3, -0.25) is 19.7 Å². The van der Waals surface area contributed by atoms with E-state index in [9.17, 15) is 14.4 Å². The van der Waals surface area contributed by atoms with E-state index in [0.29, 0.717) is 5.02 Å². The molecule has 1 aliphatic heterocycles. The molecule has 1 aromatic rings. The number of carbonyl (C=O) groups excluding carboxylic acids is 3. The highest BCUT2D eigenvalue weighted by atomic mass is 35.5. The zero-order valence-electron chi connectivity index (χ0n) is 11.3. The average molecular weight is 307 g/mol. The summed E-state index contributed by atoms with van der Waals surface area (Å²) in [5, 5.41) is 2.88. The summed E-state index contributed by atoms with van der Waals surface area (Å²) in [6.45, 7) is 0. The van der Waals surface area contributed by atoms with Crippen LogP contribution in [0, 0.1) is 0 Å². The molecule has 0 unspecified atom stereocenters. The van der Waals surface area contributed by atoms with Gasteiger partial charge in [-0.15, -0.1) is 0 Å². The number of rotatable bonds is 4. The molecule has 1 heterocycles. The van der Waals surface area contributed by atoms with Crippen LogP contribution in [-0.2, 0) is 20.8 Å². The molecule has 1 atom stereocenters. The van der Waals surface area contributed by atoms with Gasteiger partial charge in [0.1, 0.15) is 6.04 Å². The van der Waals surface area contributed by atoms with Crippen molar-refractivity contribution in [3.8, 4) is 0 Å². The molecule has 6 heteroatoms. The summed E-state index contributed by atoms with van der Waals surface area (Å²) in [7, 11) is 0. The van der Waals surface area contributed by atoms with Crippen molar-refractivity contribution in [1.29, 1.82) is 0 Å². The van der Waals surface area contributed by atoms with Crippen molar-refractivity contribution in [3.63, 3.8) is 0 Å². The van der Waals surface area contributed by atoms with Gasteiger partial charge in [0.25, 0.3) is 0 Å². The summed E-state index contributed by atoms with van der Waals surface area (Å²) >= 11 is 5.82. The third-order valence-electron chi connectivity index (χ3n) is 3.78. The summed E-state index contributed by atoms with van der Waals surface area (Å²) in [6.07, 6.45) is 2.07. The Hall–Kier alpha value is -1.88. The Morgan fingerprint density at radius 3 is 2.43 bits per heavy atom. The van der Waals surface area contributed by atoms with Gasteiger partial charge in [-0.25, -0.2) is 0 Å². The number of hydrogen-bond donors (Lipinski definition) is 1. The fraction of sp³-hybridized carbons (Fsp3) is 0.400. The minimum atomic E-state index is -0.648. The minimum Gasteiger partial charge on any atom is -0.327 e. The first-order chi connectivity index (χ1) is 10.0. The Labute approximate surface area is 127 Å². The predicted molar refractivity (Wildman–Crippen MR) is 76.6 cm³/mol. The number of amides is 3. The van der Waals surface area contributed by atoms with Crippen molar-refractivity contribution in [2.45, 2.75) is 37.8 Å². The SMILES string of the molecule is O=C1C[C@@H](N(C(=O)Cc2ccc(Cl)cc2)C2CC2)C(=O)N1. The molecule has 3 rings (SSSR count). The molecule has 110 valence electrons. The number of hydrogen-bond acceptors (Lipinski definition) is 3. The van der Waals surface area contributed by atoms with Crippen LogP contribution < -0.4 is 5.32 Å². The smallest absolute Gasteiger partial charge is 0.249 e. The number of nitrogens with zero attached hydrogens (tertiary/aromatic N) is 1. The predicted octanol–water partition coefficient (Wildman–Crippen LogP) is 1.29. The highest BCUT2D eigenvalue weighted by Gasteiger charge is 2.44. The Bertz CT molecular complexity index is 595. The maximum absolute atomic E-state index is 12.5. The molecule has 21 heavy (non-hydrogen) atoms. The Morgan fingerprint density at radius 1 is 1.24 bits per heavy atom. The van der Waals surface area contributed by atoms with E-state index in [-0.39, 0.29) is 36.6 Å². The lowest BCUT2D eigenvalue weighted by Crippen LogP contribution is -2.46. The van der Waals surface area contributed by atoms with Crippen LogP contribution in [0.25, 0.3) is 0 Å². The normalized spacial score (nSPS) is 21.3. The van der Waals surface area contributed by atoms with Crippen LogP contribution in [0.4, 0.5) is 0 Å². The lowest BCUT2D eigenvalue weighted by Gasteiger charge is -2.26. The van der Waals surface area contributed by atoms with E-state index in [0.717, 1.165) is 18.4 Å². The second-order valence-electron chi connectivity index (χ2n) is 5.47. The molecule has 0 spiro atoms. The molecule has 5 nitrogen and oxygen atoms in total. The van der Waals surface area contributed by atoms with Crippen LogP contribution in [0.5, 0.6) is 0 Å². The molecule has 3 amide bonds. The van der Waals surface area contributed by atoms with Crippen LogP contribution in [0.3, 0.4) is 0 Å². The number of carbonyl (C=O) groups is 3. The Kier molecular flexibility index (Phi) is 3.68. The standard InChI is InChI=1S/C15H15ClN2O3/c16-10-3-1-9(2-4-10)7-14(20)18(11-5-6-11)12-8-13(19)17-15(12)21/h1-4,11-12H,5-8H2,(H,17,19,21)/t12-/m1/s1. The van der Waals surface area contributed by atoms with Crippen LogP contribution >= 0.6 is 11.6 Å². The molecule has 1 aliphatic carbocycles. The van der Waals surface area contributed by atoms with Crippen LogP contribution in [0.15, 0.2) is 24.3 Å². The second kappa shape index (κ2) is 5.48. The topological polar surface area (TPSA) is 66.5 Å². The monoisotopic (exact) mass is 306 g/mol. The van der Waals surface area contributed by atoms with E-state index in [2.05, 4.69) is 5.32 Å². The number of nitrogens with one attached hydrogen (secondary N) is 1. The first-order valence-electron chi connectivity index (χ1n) is 6.94. The Balaban J connectivity index is 1.75. The quantitative estimate of drug-likeness (QED) is 0.852. The molecule has 1 aromatic carbocycles. The lowest BCUT2D eigenvalue weighted by atomic mass is 10.1. The molecule has 2 aliphatic rings. The maximum atomic E-state index is 12.5. The molecule has 1 saturated carbocycles. The van der Waals surface area contributed by atoms with Crippen LogP contribution in [-0.4, -0.2) is 34.7 Å². The molecule has 0 aromatic heterocycles. The van der Waals surface area contributed by atoms with Crippen LogP contribution in [0.2, 0.25) is 5.02 Å². The van der Waals surface area contributed by atoms with E-state index >= 15 is 0 Å². The van der Waals surface area contributed by atoms with Crippen molar-refractivity contribution in [3.05, 3.63) is 34.9 Å². The zero-order chi connectivity index (χ0) is 15.0. The van der Waals surface area contributed by atoms with Crippen LogP contribution in [0.1, 0.15) is 24.8 Å². The van der Waals surface area contributed by atoms with Gasteiger partial charge >= 0.3 is 0 Å². The van der Waals surface area contributed by atoms with Crippen molar-refractivity contribution >= 4 is 29.3 Å². The van der Waals surface area contributed by atoms with Crippen molar-refractivity contribution in [2.24, 2.45) is 0 Å². The molecular weight excluding hydrogens is 292 g/mol. The minimum absolute atomic E-state index is 0.0711. The molecular formula is C15H15ClN2O3. The lowest BCUT2D eigenvalue weighted by molar-refractivity contribution is -0.139. The fourth-order valence-corrected chi connectivity index (χ4v) is 2.74. The molecule has 0 bridgehead atoms. The third kappa shape index (κ3) is 3.08. The molecule has 2 fully saturated rings. The van der Waals surface area contributed by atoms with E-state index in [1.165, 1.54) is 0 Å². The zero-order valence-corrected chi connectivity index (χ0v) is 12.1. The average Bonchev–Trinajstić information content (AvgIpc) is 3.19. The number of imide groups is 1. The van der Waals surface area contributed by atoms with Crippen molar-refractivity contribution in [1.82, 2.24) is 10.2 Å². The van der Waals surface area contributed by atoms with Gasteiger partial charge in [0.05, 0.1) is 12.8 Å². The van der Waals surface area contributed by atoms with Gasteiger partial charge in [-0.1, -0.05) is 23.7 Å². The van der Waals surface area contributed by atoms with Gasteiger partial charge in [0.2, 0.25) is 17.7 Å². The summed E-state index contributed by atoms with van der Waals surface area (Å²) < 4.78 is 0. The Morgan fingerprint density at radius 2 is 1.90 bits per heavy atom. The first kappa shape index (κ1) is 14.1. The fourth-order valence-electron chi connectivity index (χ4n) is 2.62. The summed E-state index contributed by atoms with van der Waals surface area (Å²) in [5.41, 5.74) is 0.847. The second-order valence-corrected chi connectivity index (χ2v) is 5.90. The van der Waals surface area contributed by atoms with E-state index in [1.807, 2.05) is 0 Å². The molecule has 1 N–H and O–H groups in total. The summed E-state index contributed by atoms with van der Waals surface area (Å²) in [6, 6.07) is 6.50. The van der Waals surface area contributed by atoms with Gasteiger partial charge in [-0.05, 0) is 30.5 Å². The largest absolute Gasteiger partial charge is 0.327 e.